The minimum absolute atomic E-state index is 0.0104. The van der Waals surface area contributed by atoms with Crippen LogP contribution in [0.2, 0.25) is 0 Å². The predicted octanol–water partition coefficient (Wildman–Crippen LogP) is 0.109. The van der Waals surface area contributed by atoms with Crippen molar-refractivity contribution in [2.24, 2.45) is 11.8 Å². The van der Waals surface area contributed by atoms with Crippen LogP contribution in [0.25, 0.3) is 10.8 Å². The van der Waals surface area contributed by atoms with E-state index in [9.17, 15) is 24.9 Å². The number of aryl methyl sites for hydroxylation is 1. The Kier molecular flexibility index (Phi) is 5.25. The number of phenols is 1. The van der Waals surface area contributed by atoms with Gasteiger partial charge < -0.3 is 40.1 Å². The molecule has 6 unspecified atom stereocenters. The van der Waals surface area contributed by atoms with Gasteiger partial charge in [-0.05, 0) is 43.2 Å². The van der Waals surface area contributed by atoms with Crippen LogP contribution in [0, 0.1) is 18.8 Å². The lowest BCUT2D eigenvalue weighted by Gasteiger charge is -2.57. The molecule has 0 amide bonds. The third kappa shape index (κ3) is 3.02. The van der Waals surface area contributed by atoms with Crippen LogP contribution in [0.4, 0.5) is 0 Å². The molecule has 3 heterocycles. The molecule has 1 aromatic carbocycles. The third-order valence-corrected chi connectivity index (χ3v) is 9.28. The van der Waals surface area contributed by atoms with Crippen LogP contribution in [-0.4, -0.2) is 76.3 Å². The van der Waals surface area contributed by atoms with Gasteiger partial charge >= 0.3 is 0 Å². The van der Waals surface area contributed by atoms with Crippen LogP contribution < -0.4 is 11.4 Å². The number of rotatable bonds is 1. The normalized spacial score (nSPS) is 37.7. The van der Waals surface area contributed by atoms with Gasteiger partial charge in [0.2, 0.25) is 0 Å². The number of nitrogen functional groups attached to an aromatic ring is 1. The van der Waals surface area contributed by atoms with Crippen molar-refractivity contribution in [3.63, 3.8) is 0 Å². The number of methoxy groups -OCH3 is 1. The highest BCUT2D eigenvalue weighted by atomic mass is 16.7. The van der Waals surface area contributed by atoms with Crippen molar-refractivity contribution in [3.05, 3.63) is 50.6 Å². The maximum absolute atomic E-state index is 13.9. The zero-order chi connectivity index (χ0) is 26.6. The molecular formula is C27H30N2O9. The van der Waals surface area contributed by atoms with Gasteiger partial charge in [0.15, 0.2) is 5.78 Å². The van der Waals surface area contributed by atoms with E-state index < -0.39 is 59.6 Å². The molecule has 0 radical (unpaired) electrons. The van der Waals surface area contributed by atoms with Gasteiger partial charge in [0.05, 0.1) is 35.2 Å². The fourth-order valence-electron chi connectivity index (χ4n) is 7.57. The van der Waals surface area contributed by atoms with Gasteiger partial charge in [-0.25, -0.2) is 4.68 Å². The number of ether oxygens (including phenoxy) is 4. The summed E-state index contributed by atoms with van der Waals surface area (Å²) in [6, 6.07) is 3.56. The van der Waals surface area contributed by atoms with E-state index in [0.717, 1.165) is 10.2 Å². The Morgan fingerprint density at radius 2 is 1.89 bits per heavy atom. The molecule has 5 aliphatic rings. The van der Waals surface area contributed by atoms with Gasteiger partial charge in [0.25, 0.3) is 5.56 Å². The Hall–Kier alpha value is -2.96. The molecule has 7 rings (SSSR count). The zero-order valence-electron chi connectivity index (χ0n) is 21.0. The summed E-state index contributed by atoms with van der Waals surface area (Å²) in [5, 5.41) is 34.7. The summed E-state index contributed by atoms with van der Waals surface area (Å²) in [5.41, 5.74) is 1.24. The maximum atomic E-state index is 13.9. The summed E-state index contributed by atoms with van der Waals surface area (Å²) in [6.45, 7) is 1.69. The molecule has 11 heteroatoms. The first-order chi connectivity index (χ1) is 18.2. The van der Waals surface area contributed by atoms with E-state index in [1.54, 1.807) is 13.0 Å². The van der Waals surface area contributed by atoms with Crippen molar-refractivity contribution < 1.29 is 39.1 Å². The number of carbonyl (C=O) groups is 1. The molecule has 11 nitrogen and oxygen atoms in total. The molecule has 1 aromatic heterocycles. The first-order valence-corrected chi connectivity index (χ1v) is 13.0. The van der Waals surface area contributed by atoms with Gasteiger partial charge in [0, 0.05) is 30.2 Å². The Balaban J connectivity index is 1.42. The summed E-state index contributed by atoms with van der Waals surface area (Å²) in [5.74, 6) is 3.30. The first kappa shape index (κ1) is 24.1. The number of aliphatic hydroxyl groups excluding tert-OH is 2. The van der Waals surface area contributed by atoms with E-state index in [0.29, 0.717) is 41.7 Å². The molecule has 0 bridgehead atoms. The highest BCUT2D eigenvalue weighted by molar-refractivity contribution is 6.01. The second-order valence-corrected chi connectivity index (χ2v) is 11.0. The number of hydrogen-bond acceptors (Lipinski definition) is 10. The second kappa shape index (κ2) is 8.27. The van der Waals surface area contributed by atoms with Crippen molar-refractivity contribution in [1.29, 1.82) is 0 Å². The Bertz CT molecular complexity index is 1460. The fraction of sp³-hybridized carbons (Fsp3) is 0.556. The van der Waals surface area contributed by atoms with Crippen LogP contribution in [0.1, 0.15) is 35.6 Å². The highest BCUT2D eigenvalue weighted by Crippen LogP contribution is 2.56. The standard InChI is InChI=1S/C27H30N2O9/c1-9-5-10-6-11-7-14-18-19(15(11)21(31)16(10)27(34)29(9)28)23(33)20-22(32)17-12(30)3-4-13(35-2)24(17)38-26(20)25(18)37-8-36-14/h5-6,12-14,18-20,23,25-26,30-31,33H,3-4,7-8,28H2,1-2H3/t12-,13+,14+,18?,19?,20?,23?,25?,26?/m0/s1. The van der Waals surface area contributed by atoms with Crippen LogP contribution in [0.15, 0.2) is 28.3 Å². The summed E-state index contributed by atoms with van der Waals surface area (Å²) >= 11 is 0. The average Bonchev–Trinajstić information content (AvgIpc) is 2.89. The molecule has 2 aliphatic heterocycles. The van der Waals surface area contributed by atoms with Crippen molar-refractivity contribution >= 4 is 16.6 Å². The second-order valence-electron chi connectivity index (χ2n) is 11.0. The van der Waals surface area contributed by atoms with Crippen molar-refractivity contribution in [1.82, 2.24) is 4.68 Å². The molecule has 1 saturated carbocycles. The lowest BCUT2D eigenvalue weighted by molar-refractivity contribution is -0.275. The summed E-state index contributed by atoms with van der Waals surface area (Å²) < 4.78 is 25.0. The van der Waals surface area contributed by atoms with Gasteiger partial charge in [0.1, 0.15) is 36.6 Å². The van der Waals surface area contributed by atoms with Crippen LogP contribution in [-0.2, 0) is 30.2 Å². The van der Waals surface area contributed by atoms with E-state index in [-0.39, 0.29) is 29.6 Å². The molecule has 1 saturated heterocycles. The number of ketones is 1. The van der Waals surface area contributed by atoms with E-state index in [1.807, 2.05) is 6.07 Å². The minimum Gasteiger partial charge on any atom is -0.507 e. The number of benzene rings is 1. The summed E-state index contributed by atoms with van der Waals surface area (Å²) in [6.07, 6.45) is -3.35. The number of fused-ring (bicyclic) bond motifs is 5. The van der Waals surface area contributed by atoms with Gasteiger partial charge in [-0.2, -0.15) is 0 Å². The number of phenolic OH excluding ortho intramolecular Hbond substituents is 1. The lowest BCUT2D eigenvalue weighted by Crippen LogP contribution is -2.66. The number of carbonyl (C=O) groups excluding carboxylic acids is 1. The van der Waals surface area contributed by atoms with E-state index in [4.69, 9.17) is 24.8 Å². The number of hydrogen-bond donors (Lipinski definition) is 4. The van der Waals surface area contributed by atoms with Gasteiger partial charge in [-0.15, -0.1) is 0 Å². The smallest absolute Gasteiger partial charge is 0.280 e. The fourth-order valence-corrected chi connectivity index (χ4v) is 7.57. The number of nitrogens with two attached hydrogens (primary N) is 1. The molecule has 38 heavy (non-hydrogen) atoms. The molecule has 202 valence electrons. The molecule has 5 N–H and O–H groups in total. The van der Waals surface area contributed by atoms with Crippen molar-refractivity contribution in [2.45, 2.75) is 68.7 Å². The van der Waals surface area contributed by atoms with Crippen LogP contribution in [0.5, 0.6) is 5.75 Å². The monoisotopic (exact) mass is 526 g/mol. The lowest BCUT2D eigenvalue weighted by atomic mass is 9.57. The predicted molar refractivity (Wildman–Crippen MR) is 132 cm³/mol. The Morgan fingerprint density at radius 3 is 2.66 bits per heavy atom. The molecule has 2 fully saturated rings. The minimum atomic E-state index is -1.29. The van der Waals surface area contributed by atoms with E-state index in [2.05, 4.69) is 0 Å². The number of pyridine rings is 1. The first-order valence-electron chi connectivity index (χ1n) is 13.0. The SMILES string of the molecule is CO[C@@H]1CC[C@H](O)C2=C1OC1C3OCO[C@@H]4Cc5cc6cc(C)n(N)c(=O)c6c(O)c5C(C(O)C1C2=O)C34. The van der Waals surface area contributed by atoms with Crippen molar-refractivity contribution in [2.75, 3.05) is 19.7 Å². The topological polar surface area (TPSA) is 163 Å². The number of Topliss-reactive ketones (excluding diaryl/α,β-unsaturated/α-hetero) is 1. The Labute approximate surface area is 217 Å². The molecule has 9 atom stereocenters. The average molecular weight is 527 g/mol. The third-order valence-electron chi connectivity index (χ3n) is 9.28. The van der Waals surface area contributed by atoms with Gasteiger partial charge in [-0.1, -0.05) is 6.07 Å². The largest absolute Gasteiger partial charge is 0.507 e. The summed E-state index contributed by atoms with van der Waals surface area (Å²) in [4.78, 5) is 27.0. The molecule has 0 spiro atoms. The van der Waals surface area contributed by atoms with E-state index in [1.165, 1.54) is 7.11 Å². The zero-order valence-corrected chi connectivity index (χ0v) is 21.0. The maximum Gasteiger partial charge on any atom is 0.280 e. The Morgan fingerprint density at radius 1 is 1.11 bits per heavy atom. The number of aromatic hydroxyl groups is 1. The van der Waals surface area contributed by atoms with Crippen LogP contribution >= 0.6 is 0 Å². The van der Waals surface area contributed by atoms with E-state index >= 15 is 0 Å². The molecule has 3 aliphatic carbocycles. The highest BCUT2D eigenvalue weighted by Gasteiger charge is 2.63. The summed E-state index contributed by atoms with van der Waals surface area (Å²) in [7, 11) is 1.53. The quantitative estimate of drug-likeness (QED) is 0.375. The molecule has 2 aromatic rings. The van der Waals surface area contributed by atoms with Gasteiger partial charge in [-0.3, -0.25) is 9.59 Å². The molecular weight excluding hydrogens is 496 g/mol. The van der Waals surface area contributed by atoms with Crippen LogP contribution in [0.3, 0.4) is 0 Å². The number of aromatic nitrogens is 1. The number of nitrogens with zero attached hydrogens (tertiary/aromatic N) is 1. The number of aliphatic hydroxyl groups is 2. The van der Waals surface area contributed by atoms with Crippen molar-refractivity contribution in [3.8, 4) is 5.75 Å².